The summed E-state index contributed by atoms with van der Waals surface area (Å²) in [6, 6.07) is 5.45. The van der Waals surface area contributed by atoms with Crippen LogP contribution in [0.5, 0.6) is 11.5 Å². The van der Waals surface area contributed by atoms with Gasteiger partial charge >= 0.3 is 6.36 Å². The predicted octanol–water partition coefficient (Wildman–Crippen LogP) is 3.32. The van der Waals surface area contributed by atoms with Crippen LogP contribution in [0.3, 0.4) is 0 Å². The Labute approximate surface area is 142 Å². The van der Waals surface area contributed by atoms with Gasteiger partial charge in [-0.05, 0) is 37.1 Å². The van der Waals surface area contributed by atoms with E-state index in [0.29, 0.717) is 24.1 Å². The van der Waals surface area contributed by atoms with Crippen LogP contribution in [0.2, 0.25) is 0 Å². The molecular weight excluding hydrogens is 339 g/mol. The van der Waals surface area contributed by atoms with Gasteiger partial charge in [0.2, 0.25) is 11.8 Å². The molecule has 0 bridgehead atoms. The fraction of sp³-hybridized carbons (Fsp3) is 0.500. The molecule has 0 atom stereocenters. The number of piperidine rings is 1. The van der Waals surface area contributed by atoms with Crippen molar-refractivity contribution in [3.05, 3.63) is 36.0 Å². The molecule has 1 aromatic heterocycles. The summed E-state index contributed by atoms with van der Waals surface area (Å²) < 4.78 is 51.4. The van der Waals surface area contributed by atoms with Crippen LogP contribution in [0.4, 0.5) is 13.2 Å². The highest BCUT2D eigenvalue weighted by atomic mass is 19.4. The Bertz CT molecular complexity index is 680. The van der Waals surface area contributed by atoms with Gasteiger partial charge in [0, 0.05) is 20.0 Å². The molecule has 2 aromatic rings. The highest BCUT2D eigenvalue weighted by Crippen LogP contribution is 2.26. The molecule has 0 amide bonds. The molecule has 0 saturated carbocycles. The Hall–Kier alpha value is -2.29. The summed E-state index contributed by atoms with van der Waals surface area (Å²) in [4.78, 5) is 2.20. The first kappa shape index (κ1) is 17.5. The number of hydrogen-bond acceptors (Lipinski definition) is 6. The zero-order valence-corrected chi connectivity index (χ0v) is 13.6. The van der Waals surface area contributed by atoms with Gasteiger partial charge in [-0.3, -0.25) is 4.90 Å². The van der Waals surface area contributed by atoms with E-state index >= 15 is 0 Å². The minimum absolute atomic E-state index is 0.0232. The van der Waals surface area contributed by atoms with Crippen LogP contribution in [-0.2, 0) is 6.54 Å². The number of hydrogen-bond donors (Lipinski definition) is 0. The maximum atomic E-state index is 12.1. The maximum absolute atomic E-state index is 12.1. The molecule has 1 aromatic carbocycles. The van der Waals surface area contributed by atoms with Crippen molar-refractivity contribution in [2.75, 3.05) is 13.1 Å². The smallest absolute Gasteiger partial charge is 0.490 e. The van der Waals surface area contributed by atoms with Crippen molar-refractivity contribution in [2.24, 2.45) is 0 Å². The summed E-state index contributed by atoms with van der Waals surface area (Å²) in [5.74, 6) is 1.41. The lowest BCUT2D eigenvalue weighted by Crippen LogP contribution is -2.37. The molecular formula is C16H18F3N3O3. The molecule has 0 radical (unpaired) electrons. The molecule has 0 spiro atoms. The number of aromatic nitrogens is 2. The Balaban J connectivity index is 1.45. The second-order valence-electron chi connectivity index (χ2n) is 5.83. The van der Waals surface area contributed by atoms with Crippen LogP contribution in [0.1, 0.15) is 24.6 Å². The zero-order valence-electron chi connectivity index (χ0n) is 13.6. The molecule has 0 aliphatic carbocycles. The Morgan fingerprint density at radius 1 is 1.12 bits per heavy atom. The number of rotatable bonds is 5. The molecule has 6 nitrogen and oxygen atoms in total. The Morgan fingerprint density at radius 3 is 2.32 bits per heavy atom. The largest absolute Gasteiger partial charge is 0.573 e. The molecule has 0 N–H and O–H groups in total. The van der Waals surface area contributed by atoms with E-state index in [1.54, 1.807) is 6.92 Å². The summed E-state index contributed by atoms with van der Waals surface area (Å²) >= 11 is 0. The first-order valence-corrected chi connectivity index (χ1v) is 7.91. The van der Waals surface area contributed by atoms with Crippen LogP contribution in [-0.4, -0.2) is 40.7 Å². The quantitative estimate of drug-likeness (QED) is 0.818. The topological polar surface area (TPSA) is 60.6 Å². The highest BCUT2D eigenvalue weighted by molar-refractivity contribution is 5.31. The summed E-state index contributed by atoms with van der Waals surface area (Å²) in [6.45, 7) is 4.00. The van der Waals surface area contributed by atoms with Crippen molar-refractivity contribution >= 4 is 0 Å². The van der Waals surface area contributed by atoms with Crippen molar-refractivity contribution in [1.29, 1.82) is 0 Å². The molecule has 1 aliphatic rings. The SMILES string of the molecule is Cc1nnc(CN2CCC(Oc3ccc(OC(F)(F)F)cc3)CC2)o1. The Morgan fingerprint density at radius 2 is 1.76 bits per heavy atom. The second kappa shape index (κ2) is 7.30. The van der Waals surface area contributed by atoms with Gasteiger partial charge < -0.3 is 13.9 Å². The third-order valence-corrected chi connectivity index (χ3v) is 3.82. The molecule has 9 heteroatoms. The van der Waals surface area contributed by atoms with Crippen molar-refractivity contribution < 1.29 is 27.1 Å². The lowest BCUT2D eigenvalue weighted by atomic mass is 10.1. The molecule has 136 valence electrons. The average Bonchev–Trinajstić information content (AvgIpc) is 2.95. The van der Waals surface area contributed by atoms with E-state index in [-0.39, 0.29) is 11.9 Å². The fourth-order valence-electron chi connectivity index (χ4n) is 2.69. The molecule has 0 unspecified atom stereocenters. The first-order valence-electron chi connectivity index (χ1n) is 7.91. The van der Waals surface area contributed by atoms with Gasteiger partial charge in [0.1, 0.15) is 17.6 Å². The number of likely N-dealkylation sites (tertiary alicyclic amines) is 1. The first-order chi connectivity index (χ1) is 11.9. The molecule has 1 aliphatic heterocycles. The number of halogens is 3. The molecule has 1 fully saturated rings. The van der Waals surface area contributed by atoms with Crippen LogP contribution < -0.4 is 9.47 Å². The minimum atomic E-state index is -4.69. The summed E-state index contributed by atoms with van der Waals surface area (Å²) in [6.07, 6.45) is -3.04. The maximum Gasteiger partial charge on any atom is 0.573 e. The van der Waals surface area contributed by atoms with E-state index in [2.05, 4.69) is 19.8 Å². The number of nitrogens with zero attached hydrogens (tertiary/aromatic N) is 3. The van der Waals surface area contributed by atoms with E-state index in [0.717, 1.165) is 25.9 Å². The van der Waals surface area contributed by atoms with Gasteiger partial charge in [-0.1, -0.05) is 0 Å². The van der Waals surface area contributed by atoms with E-state index in [1.165, 1.54) is 24.3 Å². The normalized spacial score (nSPS) is 16.8. The van der Waals surface area contributed by atoms with Gasteiger partial charge in [-0.15, -0.1) is 23.4 Å². The lowest BCUT2D eigenvalue weighted by Gasteiger charge is -2.31. The van der Waals surface area contributed by atoms with Gasteiger partial charge in [-0.25, -0.2) is 0 Å². The molecule has 2 heterocycles. The minimum Gasteiger partial charge on any atom is -0.490 e. The second-order valence-corrected chi connectivity index (χ2v) is 5.83. The number of alkyl halides is 3. The average molecular weight is 357 g/mol. The van der Waals surface area contributed by atoms with Crippen molar-refractivity contribution in [3.63, 3.8) is 0 Å². The predicted molar refractivity (Wildman–Crippen MR) is 81.1 cm³/mol. The van der Waals surface area contributed by atoms with E-state index in [1.807, 2.05) is 0 Å². The third-order valence-electron chi connectivity index (χ3n) is 3.82. The number of aryl methyl sites for hydroxylation is 1. The van der Waals surface area contributed by atoms with E-state index in [9.17, 15) is 13.2 Å². The van der Waals surface area contributed by atoms with Crippen molar-refractivity contribution in [1.82, 2.24) is 15.1 Å². The van der Waals surface area contributed by atoms with Crippen LogP contribution in [0, 0.1) is 6.92 Å². The monoisotopic (exact) mass is 357 g/mol. The van der Waals surface area contributed by atoms with Crippen LogP contribution in [0.25, 0.3) is 0 Å². The number of benzene rings is 1. The molecule has 3 rings (SSSR count). The number of ether oxygens (including phenoxy) is 2. The van der Waals surface area contributed by atoms with Gasteiger partial charge in [0.05, 0.1) is 6.54 Å². The van der Waals surface area contributed by atoms with Crippen molar-refractivity contribution in [2.45, 2.75) is 38.8 Å². The summed E-state index contributed by atoms with van der Waals surface area (Å²) in [7, 11) is 0. The Kier molecular flexibility index (Phi) is 5.12. The fourth-order valence-corrected chi connectivity index (χ4v) is 2.69. The van der Waals surface area contributed by atoms with E-state index in [4.69, 9.17) is 9.15 Å². The lowest BCUT2D eigenvalue weighted by molar-refractivity contribution is -0.274. The van der Waals surface area contributed by atoms with Gasteiger partial charge in [0.25, 0.3) is 0 Å². The third kappa shape index (κ3) is 5.35. The summed E-state index contributed by atoms with van der Waals surface area (Å²) in [5.41, 5.74) is 0. The highest BCUT2D eigenvalue weighted by Gasteiger charge is 2.31. The molecule has 25 heavy (non-hydrogen) atoms. The van der Waals surface area contributed by atoms with Gasteiger partial charge in [-0.2, -0.15) is 0 Å². The standard InChI is InChI=1S/C16H18F3N3O3/c1-11-20-21-15(23-11)10-22-8-6-13(7-9-22)24-12-2-4-14(5-3-12)25-16(17,18)19/h2-5,13H,6-10H2,1H3. The summed E-state index contributed by atoms with van der Waals surface area (Å²) in [5, 5.41) is 7.78. The van der Waals surface area contributed by atoms with E-state index < -0.39 is 6.36 Å². The molecule has 1 saturated heterocycles. The van der Waals surface area contributed by atoms with Crippen molar-refractivity contribution in [3.8, 4) is 11.5 Å². The van der Waals surface area contributed by atoms with Crippen LogP contribution >= 0.6 is 0 Å². The zero-order chi connectivity index (χ0) is 17.9. The van der Waals surface area contributed by atoms with Crippen LogP contribution in [0.15, 0.2) is 28.7 Å². The van der Waals surface area contributed by atoms with Gasteiger partial charge in [0.15, 0.2) is 0 Å².